The van der Waals surface area contributed by atoms with Crippen LogP contribution in [-0.2, 0) is 0 Å². The van der Waals surface area contributed by atoms with Crippen molar-refractivity contribution in [3.05, 3.63) is 29.8 Å². The number of hydrogen-bond donors (Lipinski definition) is 1. The highest BCUT2D eigenvalue weighted by Gasteiger charge is 2.29. The van der Waals surface area contributed by atoms with Crippen LogP contribution in [0.2, 0.25) is 0 Å². The van der Waals surface area contributed by atoms with Crippen molar-refractivity contribution in [3.63, 3.8) is 0 Å². The van der Waals surface area contributed by atoms with Crippen molar-refractivity contribution < 1.29 is 4.74 Å². The first kappa shape index (κ1) is 16.3. The van der Waals surface area contributed by atoms with Crippen LogP contribution in [0.25, 0.3) is 0 Å². The van der Waals surface area contributed by atoms with E-state index in [1.807, 2.05) is 0 Å². The number of hydrogen-bond acceptors (Lipinski definition) is 3. The van der Waals surface area contributed by atoms with E-state index in [9.17, 15) is 0 Å². The molecule has 1 heterocycles. The summed E-state index contributed by atoms with van der Waals surface area (Å²) in [5.41, 5.74) is 1.41. The Morgan fingerprint density at radius 2 is 2.00 bits per heavy atom. The molecule has 1 fully saturated rings. The summed E-state index contributed by atoms with van der Waals surface area (Å²) in [6.45, 7) is 9.66. The Bertz CT molecular complexity index is 416. The number of likely N-dealkylation sites (tertiary alicyclic amines) is 1. The summed E-state index contributed by atoms with van der Waals surface area (Å²) in [6, 6.07) is 9.22. The first-order valence-electron chi connectivity index (χ1n) is 8.29. The van der Waals surface area contributed by atoms with Gasteiger partial charge in [0.2, 0.25) is 0 Å². The van der Waals surface area contributed by atoms with E-state index in [1.165, 1.54) is 24.9 Å². The van der Waals surface area contributed by atoms with Gasteiger partial charge in [0, 0.05) is 6.04 Å². The van der Waals surface area contributed by atoms with Crippen molar-refractivity contribution in [1.82, 2.24) is 10.2 Å². The molecule has 0 aliphatic carbocycles. The second kappa shape index (κ2) is 7.81. The van der Waals surface area contributed by atoms with Crippen LogP contribution >= 0.6 is 0 Å². The molecule has 1 aliphatic heterocycles. The Balaban J connectivity index is 2.11. The summed E-state index contributed by atoms with van der Waals surface area (Å²) in [7, 11) is 2.25. The molecule has 1 N–H and O–H groups in total. The van der Waals surface area contributed by atoms with Crippen LogP contribution in [0, 0.1) is 5.92 Å². The van der Waals surface area contributed by atoms with Crippen molar-refractivity contribution in [2.45, 2.75) is 45.8 Å². The summed E-state index contributed by atoms with van der Waals surface area (Å²) >= 11 is 0. The van der Waals surface area contributed by atoms with E-state index < -0.39 is 0 Å². The van der Waals surface area contributed by atoms with Crippen molar-refractivity contribution >= 4 is 0 Å². The minimum Gasteiger partial charge on any atom is -0.491 e. The van der Waals surface area contributed by atoms with Crippen molar-refractivity contribution in [2.75, 3.05) is 26.7 Å². The van der Waals surface area contributed by atoms with Crippen LogP contribution in [-0.4, -0.2) is 37.7 Å². The highest BCUT2D eigenvalue weighted by molar-refractivity contribution is 5.30. The molecule has 0 aromatic heterocycles. The average Bonchev–Trinajstić information content (AvgIpc) is 2.46. The average molecular weight is 290 g/mol. The molecule has 1 aliphatic rings. The summed E-state index contributed by atoms with van der Waals surface area (Å²) in [6.07, 6.45) is 2.85. The Hall–Kier alpha value is -1.06. The van der Waals surface area contributed by atoms with Crippen LogP contribution in [0.1, 0.15) is 45.2 Å². The normalized spacial score (nSPS) is 23.5. The van der Waals surface area contributed by atoms with Gasteiger partial charge in [-0.1, -0.05) is 19.1 Å². The van der Waals surface area contributed by atoms with Gasteiger partial charge < -0.3 is 10.1 Å². The van der Waals surface area contributed by atoms with Crippen molar-refractivity contribution in [3.8, 4) is 5.75 Å². The van der Waals surface area contributed by atoms with Crippen molar-refractivity contribution in [2.24, 2.45) is 5.92 Å². The lowest BCUT2D eigenvalue weighted by Crippen LogP contribution is -2.40. The molecule has 2 atom stereocenters. The van der Waals surface area contributed by atoms with Gasteiger partial charge in [0.1, 0.15) is 5.75 Å². The Labute approximate surface area is 129 Å². The molecule has 0 bridgehead atoms. The predicted octanol–water partition coefficient (Wildman–Crippen LogP) is 3.47. The second-order valence-corrected chi connectivity index (χ2v) is 6.37. The van der Waals surface area contributed by atoms with E-state index in [4.69, 9.17) is 4.74 Å². The highest BCUT2D eigenvalue weighted by Crippen LogP contribution is 2.35. The maximum atomic E-state index is 5.75. The number of benzene rings is 1. The van der Waals surface area contributed by atoms with Gasteiger partial charge in [-0.05, 0) is 77.0 Å². The largest absolute Gasteiger partial charge is 0.491 e. The first-order chi connectivity index (χ1) is 10.1. The Morgan fingerprint density at radius 3 is 2.62 bits per heavy atom. The minimum absolute atomic E-state index is 0.231. The third-order valence-electron chi connectivity index (χ3n) is 4.26. The molecule has 0 amide bonds. The molecule has 3 heteroatoms. The third-order valence-corrected chi connectivity index (χ3v) is 4.26. The van der Waals surface area contributed by atoms with Crippen molar-refractivity contribution in [1.29, 1.82) is 0 Å². The molecule has 2 rings (SSSR count). The number of rotatable bonds is 6. The molecule has 0 saturated carbocycles. The van der Waals surface area contributed by atoms with E-state index in [2.05, 4.69) is 62.3 Å². The molecule has 1 aromatic rings. The van der Waals surface area contributed by atoms with Gasteiger partial charge in [-0.15, -0.1) is 0 Å². The van der Waals surface area contributed by atoms with E-state index >= 15 is 0 Å². The zero-order valence-electron chi connectivity index (χ0n) is 13.9. The summed E-state index contributed by atoms with van der Waals surface area (Å²) in [4.78, 5) is 2.50. The van der Waals surface area contributed by atoms with Gasteiger partial charge in [0.25, 0.3) is 0 Å². The Kier molecular flexibility index (Phi) is 6.07. The second-order valence-electron chi connectivity index (χ2n) is 6.37. The molecular weight excluding hydrogens is 260 g/mol. The number of piperidine rings is 1. The van der Waals surface area contributed by atoms with Gasteiger partial charge in [-0.2, -0.15) is 0 Å². The molecular formula is C18H30N2O. The van der Waals surface area contributed by atoms with Crippen LogP contribution in [0.3, 0.4) is 0 Å². The van der Waals surface area contributed by atoms with E-state index in [0.717, 1.165) is 18.8 Å². The molecule has 3 nitrogen and oxygen atoms in total. The monoisotopic (exact) mass is 290 g/mol. The summed E-state index contributed by atoms with van der Waals surface area (Å²) < 4.78 is 5.75. The number of nitrogens with zero attached hydrogens (tertiary/aromatic N) is 1. The van der Waals surface area contributed by atoms with E-state index in [0.29, 0.717) is 12.0 Å². The van der Waals surface area contributed by atoms with Crippen LogP contribution < -0.4 is 10.1 Å². The van der Waals surface area contributed by atoms with E-state index in [1.54, 1.807) is 0 Å². The fourth-order valence-corrected chi connectivity index (χ4v) is 3.35. The summed E-state index contributed by atoms with van der Waals surface area (Å²) in [5.74, 6) is 1.66. The summed E-state index contributed by atoms with van der Waals surface area (Å²) in [5, 5.41) is 3.52. The fourth-order valence-electron chi connectivity index (χ4n) is 3.35. The fraction of sp³-hybridized carbons (Fsp3) is 0.667. The van der Waals surface area contributed by atoms with Crippen LogP contribution in [0.15, 0.2) is 24.3 Å². The maximum absolute atomic E-state index is 5.75. The molecule has 1 saturated heterocycles. The lowest BCUT2D eigenvalue weighted by atomic mass is 9.85. The minimum atomic E-state index is 0.231. The third kappa shape index (κ3) is 4.45. The topological polar surface area (TPSA) is 24.5 Å². The zero-order chi connectivity index (χ0) is 15.2. The van der Waals surface area contributed by atoms with Gasteiger partial charge in [0.15, 0.2) is 0 Å². The van der Waals surface area contributed by atoms with E-state index in [-0.39, 0.29) is 6.10 Å². The zero-order valence-corrected chi connectivity index (χ0v) is 13.9. The number of ether oxygens (including phenoxy) is 1. The molecule has 21 heavy (non-hydrogen) atoms. The molecule has 2 unspecified atom stereocenters. The van der Waals surface area contributed by atoms with Gasteiger partial charge in [-0.3, -0.25) is 4.90 Å². The van der Waals surface area contributed by atoms with Crippen LogP contribution in [0.5, 0.6) is 5.75 Å². The van der Waals surface area contributed by atoms with Gasteiger partial charge >= 0.3 is 0 Å². The molecule has 1 aromatic carbocycles. The number of nitrogens with one attached hydrogen (secondary N) is 1. The van der Waals surface area contributed by atoms with Gasteiger partial charge in [0.05, 0.1) is 6.10 Å². The smallest absolute Gasteiger partial charge is 0.119 e. The first-order valence-corrected chi connectivity index (χ1v) is 8.29. The van der Waals surface area contributed by atoms with Gasteiger partial charge in [-0.25, -0.2) is 0 Å². The standard InChI is InChI=1S/C18H30N2O/c1-5-19-13-16-7-6-12-20(4)18(16)15-8-10-17(11-9-15)21-14(2)3/h8-11,14,16,18-19H,5-7,12-13H2,1-4H3. The lowest BCUT2D eigenvalue weighted by molar-refractivity contribution is 0.120. The predicted molar refractivity (Wildman–Crippen MR) is 88.8 cm³/mol. The SMILES string of the molecule is CCNCC1CCCN(C)C1c1ccc(OC(C)C)cc1. The molecule has 0 spiro atoms. The quantitative estimate of drug-likeness (QED) is 0.868. The molecule has 118 valence electrons. The highest BCUT2D eigenvalue weighted by atomic mass is 16.5. The lowest BCUT2D eigenvalue weighted by Gasteiger charge is -2.39. The van der Waals surface area contributed by atoms with Crippen LogP contribution in [0.4, 0.5) is 0 Å². The maximum Gasteiger partial charge on any atom is 0.119 e. The Morgan fingerprint density at radius 1 is 1.29 bits per heavy atom. The molecule has 0 radical (unpaired) electrons.